The molecule has 4 heteroatoms. The zero-order chi connectivity index (χ0) is 12.9. The van der Waals surface area contributed by atoms with E-state index in [0.717, 1.165) is 0 Å². The van der Waals surface area contributed by atoms with Gasteiger partial charge >= 0.3 is 0 Å². The number of halogens is 2. The van der Waals surface area contributed by atoms with Gasteiger partial charge in [0.25, 0.3) is 0 Å². The van der Waals surface area contributed by atoms with Crippen molar-refractivity contribution in [3.63, 3.8) is 0 Å². The topological polar surface area (TPSA) is 47.6 Å². The molecule has 0 unspecified atom stereocenters. The molecule has 0 aliphatic rings. The molecule has 0 radical (unpaired) electrons. The first-order valence-corrected chi connectivity index (χ1v) is 5.15. The molecule has 1 rings (SSSR count). The van der Waals surface area contributed by atoms with Crippen molar-refractivity contribution in [2.24, 2.45) is 5.41 Å². The molecule has 2 nitrogen and oxygen atoms in total. The van der Waals surface area contributed by atoms with Crippen LogP contribution < -0.4 is 0 Å². The summed E-state index contributed by atoms with van der Waals surface area (Å²) in [5, 5.41) is 18.2. The molecule has 1 aromatic carbocycles. The van der Waals surface area contributed by atoms with E-state index >= 15 is 0 Å². The SMILES string of the molecule is C#CCC(C#N)(C#N)Cc1c(F)cccc1Cl. The van der Waals surface area contributed by atoms with Gasteiger partial charge in [-0.3, -0.25) is 0 Å². The molecule has 0 aromatic heterocycles. The van der Waals surface area contributed by atoms with Crippen LogP contribution in [0.2, 0.25) is 5.02 Å². The zero-order valence-electron chi connectivity index (χ0n) is 8.87. The number of hydrogen-bond acceptors (Lipinski definition) is 2. The Labute approximate surface area is 104 Å². The summed E-state index contributed by atoms with van der Waals surface area (Å²) in [6.45, 7) is 0. The molecule has 0 aliphatic carbocycles. The van der Waals surface area contributed by atoms with Crippen LogP contribution in [0.25, 0.3) is 0 Å². The lowest BCUT2D eigenvalue weighted by Gasteiger charge is -2.16. The van der Waals surface area contributed by atoms with E-state index in [1.54, 1.807) is 0 Å². The van der Waals surface area contributed by atoms with E-state index in [0.29, 0.717) is 0 Å². The predicted molar refractivity (Wildman–Crippen MR) is 62.2 cm³/mol. The summed E-state index contributed by atoms with van der Waals surface area (Å²) in [6.07, 6.45) is 4.94. The van der Waals surface area contributed by atoms with Gasteiger partial charge in [0, 0.05) is 23.4 Å². The molecular weight excluding hydrogens is 239 g/mol. The summed E-state index contributed by atoms with van der Waals surface area (Å²) in [5.74, 6) is 1.72. The fraction of sp³-hybridized carbons (Fsp3) is 0.231. The van der Waals surface area contributed by atoms with Gasteiger partial charge in [0.1, 0.15) is 5.82 Å². The number of benzene rings is 1. The summed E-state index contributed by atoms with van der Waals surface area (Å²) in [5.41, 5.74) is -1.28. The number of terminal acetylenes is 1. The van der Waals surface area contributed by atoms with Crippen LogP contribution in [0.3, 0.4) is 0 Å². The second-order valence-corrected chi connectivity index (χ2v) is 3.97. The van der Waals surface area contributed by atoms with Crippen LogP contribution in [0.15, 0.2) is 18.2 Å². The molecule has 0 saturated carbocycles. The highest BCUT2D eigenvalue weighted by atomic mass is 35.5. The fourth-order valence-corrected chi connectivity index (χ4v) is 1.65. The average Bonchev–Trinajstić information content (AvgIpc) is 2.33. The van der Waals surface area contributed by atoms with Crippen LogP contribution in [0, 0.1) is 46.2 Å². The monoisotopic (exact) mass is 246 g/mol. The molecule has 0 fully saturated rings. The number of nitrogens with zero attached hydrogens (tertiary/aromatic N) is 2. The highest BCUT2D eigenvalue weighted by molar-refractivity contribution is 6.31. The lowest BCUT2D eigenvalue weighted by Crippen LogP contribution is -2.20. The van der Waals surface area contributed by atoms with Gasteiger partial charge in [0.2, 0.25) is 0 Å². The zero-order valence-corrected chi connectivity index (χ0v) is 9.63. The molecule has 17 heavy (non-hydrogen) atoms. The van der Waals surface area contributed by atoms with Gasteiger partial charge in [0.05, 0.1) is 12.1 Å². The minimum absolute atomic E-state index is 0.0648. The second-order valence-electron chi connectivity index (χ2n) is 3.56. The Kier molecular flexibility index (Phi) is 4.11. The van der Waals surface area contributed by atoms with Crippen LogP contribution in [-0.2, 0) is 6.42 Å². The third-order valence-electron chi connectivity index (χ3n) is 2.37. The average molecular weight is 247 g/mol. The van der Waals surface area contributed by atoms with E-state index in [9.17, 15) is 4.39 Å². The van der Waals surface area contributed by atoms with E-state index in [-0.39, 0.29) is 23.4 Å². The molecule has 0 saturated heterocycles. The molecule has 0 aliphatic heterocycles. The van der Waals surface area contributed by atoms with E-state index in [1.807, 2.05) is 12.1 Å². The van der Waals surface area contributed by atoms with Gasteiger partial charge in [-0.05, 0) is 12.1 Å². The highest BCUT2D eigenvalue weighted by Gasteiger charge is 2.31. The summed E-state index contributed by atoms with van der Waals surface area (Å²) < 4.78 is 13.5. The van der Waals surface area contributed by atoms with E-state index < -0.39 is 11.2 Å². The number of rotatable bonds is 3. The van der Waals surface area contributed by atoms with Crippen molar-refractivity contribution < 1.29 is 4.39 Å². The van der Waals surface area contributed by atoms with Crippen LogP contribution in [-0.4, -0.2) is 0 Å². The lowest BCUT2D eigenvalue weighted by atomic mass is 9.81. The highest BCUT2D eigenvalue weighted by Crippen LogP contribution is 2.30. The summed E-state index contributed by atoms with van der Waals surface area (Å²) in [4.78, 5) is 0. The molecule has 84 valence electrons. The van der Waals surface area contributed by atoms with Gasteiger partial charge in [-0.1, -0.05) is 17.7 Å². The van der Waals surface area contributed by atoms with Crippen molar-refractivity contribution in [2.75, 3.05) is 0 Å². The summed E-state index contributed by atoms with van der Waals surface area (Å²) in [7, 11) is 0. The van der Waals surface area contributed by atoms with Crippen molar-refractivity contribution in [1.82, 2.24) is 0 Å². The third-order valence-corrected chi connectivity index (χ3v) is 2.73. The van der Waals surface area contributed by atoms with Gasteiger partial charge in [-0.15, -0.1) is 12.3 Å². The minimum Gasteiger partial charge on any atom is -0.207 e. The smallest absolute Gasteiger partial charge is 0.158 e. The van der Waals surface area contributed by atoms with Crippen LogP contribution >= 0.6 is 11.6 Å². The standard InChI is InChI=1S/C13H8ClFN2/c1-2-6-13(8-16,9-17)7-10-11(14)4-3-5-12(10)15/h1,3-5H,6-7H2. The summed E-state index contributed by atoms with van der Waals surface area (Å²) in [6, 6.07) is 7.88. The van der Waals surface area contributed by atoms with Crippen molar-refractivity contribution in [2.45, 2.75) is 12.8 Å². The molecule has 0 amide bonds. The number of hydrogen-bond donors (Lipinski definition) is 0. The molecular formula is C13H8ClFN2. The maximum atomic E-state index is 13.5. The Balaban J connectivity index is 3.18. The Hall–Kier alpha value is -2.02. The molecule has 0 spiro atoms. The normalized spacial score (nSPS) is 10.1. The first-order valence-electron chi connectivity index (χ1n) is 4.77. The van der Waals surface area contributed by atoms with E-state index in [2.05, 4.69) is 5.92 Å². The Bertz CT molecular complexity index is 512. The molecule has 0 atom stereocenters. The Morgan fingerprint density at radius 2 is 2.00 bits per heavy atom. The lowest BCUT2D eigenvalue weighted by molar-refractivity contribution is 0.511. The fourth-order valence-electron chi connectivity index (χ4n) is 1.42. The van der Waals surface area contributed by atoms with Crippen molar-refractivity contribution >= 4 is 11.6 Å². The van der Waals surface area contributed by atoms with Crippen molar-refractivity contribution in [3.05, 3.63) is 34.6 Å². The number of nitriles is 2. The van der Waals surface area contributed by atoms with Crippen LogP contribution in [0.1, 0.15) is 12.0 Å². The second kappa shape index (κ2) is 5.35. The quantitative estimate of drug-likeness (QED) is 0.770. The third kappa shape index (κ3) is 2.76. The van der Waals surface area contributed by atoms with Crippen molar-refractivity contribution in [1.29, 1.82) is 10.5 Å². The molecule has 0 N–H and O–H groups in total. The largest absolute Gasteiger partial charge is 0.207 e. The first kappa shape index (κ1) is 13.0. The maximum absolute atomic E-state index is 13.5. The van der Waals surface area contributed by atoms with Crippen molar-refractivity contribution in [3.8, 4) is 24.5 Å². The van der Waals surface area contributed by atoms with Gasteiger partial charge < -0.3 is 0 Å². The maximum Gasteiger partial charge on any atom is 0.158 e. The van der Waals surface area contributed by atoms with Gasteiger partial charge in [-0.25, -0.2) is 4.39 Å². The Morgan fingerprint density at radius 3 is 2.47 bits per heavy atom. The van der Waals surface area contributed by atoms with E-state index in [1.165, 1.54) is 18.2 Å². The first-order chi connectivity index (χ1) is 8.08. The van der Waals surface area contributed by atoms with E-state index in [4.69, 9.17) is 28.5 Å². The summed E-state index contributed by atoms with van der Waals surface area (Å²) >= 11 is 5.84. The predicted octanol–water partition coefficient (Wildman–Crippen LogP) is 3.08. The van der Waals surface area contributed by atoms with Gasteiger partial charge in [-0.2, -0.15) is 10.5 Å². The molecule has 1 aromatic rings. The Morgan fingerprint density at radius 1 is 1.35 bits per heavy atom. The van der Waals surface area contributed by atoms with Crippen LogP contribution in [0.4, 0.5) is 4.39 Å². The van der Waals surface area contributed by atoms with Crippen LogP contribution in [0.5, 0.6) is 0 Å². The molecule has 0 heterocycles. The van der Waals surface area contributed by atoms with Gasteiger partial charge in [0.15, 0.2) is 5.41 Å². The molecule has 0 bridgehead atoms. The minimum atomic E-state index is -1.43.